The molecule has 0 radical (unpaired) electrons. The molecule has 0 spiro atoms. The van der Waals surface area contributed by atoms with Gasteiger partial charge in [-0.05, 0) is 106 Å². The highest BCUT2D eigenvalue weighted by molar-refractivity contribution is 6.90. The van der Waals surface area contributed by atoms with Gasteiger partial charge in [0.25, 0.3) is 0 Å². The molecule has 5 heterocycles. The van der Waals surface area contributed by atoms with E-state index in [-0.39, 0.29) is 93.3 Å². The average molecular weight is 954 g/mol. The standard InChI is InChI=1S/C50H61F6N5O5Si/c1-29(2)67(30(3)4,31(5)6)20-13-34-39-32(22-38(52)41(34)53)21-33(65-28-63-10)23-35(39)40-37(51)24-36-43(42(40)54)57-45(64-27-48-14-11-18-60(48)19-12-15-48)58-44(36)59-25-49(55)16-17-50(56,26-59)61(49)46(62)66-47(7,8)9/h21-24,29-31H,11-12,14-19,25-28H2,1-10H3. The highest BCUT2D eigenvalue weighted by Gasteiger charge is 2.65. The SMILES string of the molecule is COCOc1cc(-c2c(F)cc3c(N4CC5(F)CCC(F)(C4)N5C(=O)OC(C)(C)C)nc(OCC45CCCN4CCC5)nc3c2F)c2c(C#C[Si](C(C)C)(C(C)C)C(C)C)c(F)c(F)cc2c1. The van der Waals surface area contributed by atoms with Crippen LogP contribution in [0.1, 0.15) is 106 Å². The zero-order chi connectivity index (χ0) is 48.6. The molecule has 1 aromatic heterocycles. The van der Waals surface area contributed by atoms with Crippen molar-refractivity contribution < 1.29 is 50.1 Å². The number of amides is 1. The molecular weight excluding hydrogens is 893 g/mol. The Morgan fingerprint density at radius 2 is 1.46 bits per heavy atom. The van der Waals surface area contributed by atoms with Crippen molar-refractivity contribution >= 4 is 41.7 Å². The lowest BCUT2D eigenvalue weighted by molar-refractivity contribution is -0.115. The summed E-state index contributed by atoms with van der Waals surface area (Å²) in [6.07, 6.45) is 1.70. The van der Waals surface area contributed by atoms with E-state index in [4.69, 9.17) is 18.9 Å². The lowest BCUT2D eigenvalue weighted by atomic mass is 9.92. The fraction of sp³-hybridized carbons (Fsp3) is 0.580. The average Bonchev–Trinajstić information content (AvgIpc) is 3.87. The van der Waals surface area contributed by atoms with Crippen LogP contribution < -0.4 is 14.4 Å². The molecular formula is C50H61F6N5O5Si. The van der Waals surface area contributed by atoms with E-state index >= 15 is 26.3 Å². The molecule has 10 nitrogen and oxygen atoms in total. The number of ether oxygens (including phenoxy) is 4. The Hall–Kier alpha value is -4.79. The number of fused-ring (bicyclic) bond motifs is 5. The summed E-state index contributed by atoms with van der Waals surface area (Å²) in [6, 6.07) is 4.32. The molecule has 0 saturated carbocycles. The molecule has 17 heteroatoms. The number of nitrogens with zero attached hydrogens (tertiary/aromatic N) is 5. The molecule has 4 aromatic rings. The number of anilines is 1. The molecule has 8 rings (SSSR count). The zero-order valence-corrected chi connectivity index (χ0v) is 41.1. The molecule has 1 amide bonds. The van der Waals surface area contributed by atoms with E-state index in [1.54, 1.807) is 20.8 Å². The van der Waals surface area contributed by atoms with Crippen molar-refractivity contribution in [3.8, 4) is 34.4 Å². The first-order chi connectivity index (χ1) is 31.5. The van der Waals surface area contributed by atoms with Crippen LogP contribution in [-0.4, -0.2) is 103 Å². The third kappa shape index (κ3) is 8.46. The number of carbonyl (C=O) groups excluding carboxylic acids is 1. The van der Waals surface area contributed by atoms with Gasteiger partial charge in [-0.1, -0.05) is 47.5 Å². The number of alkyl halides is 2. The van der Waals surface area contributed by atoms with Crippen LogP contribution in [0.2, 0.25) is 16.6 Å². The van der Waals surface area contributed by atoms with Crippen LogP contribution in [0, 0.1) is 34.7 Å². The van der Waals surface area contributed by atoms with Gasteiger partial charge in [-0.2, -0.15) is 9.97 Å². The van der Waals surface area contributed by atoms with Gasteiger partial charge in [0.2, 0.25) is 11.6 Å². The van der Waals surface area contributed by atoms with Gasteiger partial charge in [-0.3, -0.25) is 4.90 Å². The van der Waals surface area contributed by atoms with Crippen molar-refractivity contribution in [2.24, 2.45) is 0 Å². The molecule has 2 unspecified atom stereocenters. The fourth-order valence-corrected chi connectivity index (χ4v) is 16.9. The van der Waals surface area contributed by atoms with Gasteiger partial charge in [0.1, 0.15) is 43.2 Å². The highest BCUT2D eigenvalue weighted by atomic mass is 28.3. The minimum absolute atomic E-state index is 0.0348. The molecule has 4 fully saturated rings. The van der Waals surface area contributed by atoms with E-state index in [1.807, 2.05) is 0 Å². The van der Waals surface area contributed by atoms with Crippen molar-refractivity contribution in [1.29, 1.82) is 0 Å². The van der Waals surface area contributed by atoms with Crippen LogP contribution >= 0.6 is 0 Å². The lowest BCUT2D eigenvalue weighted by Gasteiger charge is -2.47. The predicted octanol–water partition coefficient (Wildman–Crippen LogP) is 11.7. The highest BCUT2D eigenvalue weighted by Crippen LogP contribution is 2.51. The zero-order valence-electron chi connectivity index (χ0n) is 40.1. The minimum atomic E-state index is -2.59. The summed E-state index contributed by atoms with van der Waals surface area (Å²) < 4.78 is 124. The van der Waals surface area contributed by atoms with Gasteiger partial charge in [-0.15, -0.1) is 5.54 Å². The van der Waals surface area contributed by atoms with Gasteiger partial charge < -0.3 is 23.8 Å². The summed E-state index contributed by atoms with van der Waals surface area (Å²) in [5.41, 5.74) is 0.747. The summed E-state index contributed by atoms with van der Waals surface area (Å²) in [5, 5.41) is -0.242. The number of aromatic nitrogens is 2. The first-order valence-electron chi connectivity index (χ1n) is 23.3. The predicted molar refractivity (Wildman–Crippen MR) is 248 cm³/mol. The number of rotatable bonds is 11. The summed E-state index contributed by atoms with van der Waals surface area (Å²) in [7, 11) is -1.19. The van der Waals surface area contributed by atoms with Crippen molar-refractivity contribution in [3.63, 3.8) is 0 Å². The molecule has 67 heavy (non-hydrogen) atoms. The van der Waals surface area contributed by atoms with Gasteiger partial charge in [-0.25, -0.2) is 36.0 Å². The van der Waals surface area contributed by atoms with E-state index in [0.717, 1.165) is 50.9 Å². The number of piperazine rings is 1. The molecule has 3 aromatic carbocycles. The second-order valence-electron chi connectivity index (χ2n) is 20.8. The molecule has 362 valence electrons. The second kappa shape index (κ2) is 17.6. The number of carbonyl (C=O) groups is 1. The summed E-state index contributed by atoms with van der Waals surface area (Å²) >= 11 is 0. The fourth-order valence-electron chi connectivity index (χ4n) is 11.7. The first kappa shape index (κ1) is 48.7. The summed E-state index contributed by atoms with van der Waals surface area (Å²) in [5.74, 6) is -7.22. The Balaban J connectivity index is 1.35. The van der Waals surface area contributed by atoms with E-state index < -0.39 is 78.8 Å². The maximum Gasteiger partial charge on any atom is 0.415 e. The number of benzene rings is 3. The van der Waals surface area contributed by atoms with E-state index in [0.29, 0.717) is 4.90 Å². The summed E-state index contributed by atoms with van der Waals surface area (Å²) in [4.78, 5) is 26.6. The van der Waals surface area contributed by atoms with Crippen LogP contribution in [-0.2, 0) is 9.47 Å². The van der Waals surface area contributed by atoms with Gasteiger partial charge in [0, 0.05) is 36.3 Å². The Labute approximate surface area is 389 Å². The second-order valence-corrected chi connectivity index (χ2v) is 26.4. The van der Waals surface area contributed by atoms with Crippen molar-refractivity contribution in [1.82, 2.24) is 19.8 Å². The maximum absolute atomic E-state index is 18.0. The van der Waals surface area contributed by atoms with Crippen LogP contribution in [0.25, 0.3) is 32.8 Å². The molecule has 2 atom stereocenters. The van der Waals surface area contributed by atoms with E-state index in [1.165, 1.54) is 24.1 Å². The Morgan fingerprint density at radius 3 is 2.04 bits per heavy atom. The third-order valence-corrected chi connectivity index (χ3v) is 20.8. The Morgan fingerprint density at radius 1 is 0.836 bits per heavy atom. The van der Waals surface area contributed by atoms with Crippen molar-refractivity contribution in [3.05, 3.63) is 53.1 Å². The topological polar surface area (TPSA) is 89.5 Å². The van der Waals surface area contributed by atoms with Crippen molar-refractivity contribution in [2.75, 3.05) is 51.6 Å². The largest absolute Gasteiger partial charge is 0.468 e. The van der Waals surface area contributed by atoms with Crippen LogP contribution in [0.4, 0.5) is 37.0 Å². The van der Waals surface area contributed by atoms with Crippen LogP contribution in [0.15, 0.2) is 24.3 Å². The summed E-state index contributed by atoms with van der Waals surface area (Å²) in [6.45, 7) is 17.6. The number of hydrogen-bond acceptors (Lipinski definition) is 9. The van der Waals surface area contributed by atoms with Crippen LogP contribution in [0.3, 0.4) is 0 Å². The number of hydrogen-bond donors (Lipinski definition) is 0. The molecule has 4 aliphatic rings. The maximum atomic E-state index is 18.0. The van der Waals surface area contributed by atoms with Gasteiger partial charge >= 0.3 is 12.1 Å². The molecule has 0 aliphatic carbocycles. The smallest absolute Gasteiger partial charge is 0.415 e. The van der Waals surface area contributed by atoms with Gasteiger partial charge in [0.05, 0.1) is 29.8 Å². The van der Waals surface area contributed by atoms with E-state index in [2.05, 4.69) is 67.9 Å². The Kier molecular flexibility index (Phi) is 12.8. The minimum Gasteiger partial charge on any atom is -0.468 e. The van der Waals surface area contributed by atoms with Crippen LogP contribution in [0.5, 0.6) is 11.8 Å². The third-order valence-electron chi connectivity index (χ3n) is 14.5. The first-order valence-corrected chi connectivity index (χ1v) is 25.6. The molecule has 4 aliphatic heterocycles. The molecule has 4 saturated heterocycles. The molecule has 2 bridgehead atoms. The monoisotopic (exact) mass is 953 g/mol. The number of halogens is 6. The van der Waals surface area contributed by atoms with Gasteiger partial charge in [0.15, 0.2) is 24.2 Å². The van der Waals surface area contributed by atoms with E-state index in [9.17, 15) is 4.79 Å². The Bertz CT molecular complexity index is 2620. The molecule has 0 N–H and O–H groups in total. The quantitative estimate of drug-likeness (QED) is 0.0479. The lowest BCUT2D eigenvalue weighted by Crippen LogP contribution is -2.66. The normalized spacial score (nSPS) is 21.8. The number of methoxy groups -OCH3 is 1. The van der Waals surface area contributed by atoms with Crippen molar-refractivity contribution in [2.45, 2.75) is 140 Å².